The zero-order chi connectivity index (χ0) is 11.8. The van der Waals surface area contributed by atoms with Crippen molar-refractivity contribution in [2.24, 2.45) is 0 Å². The van der Waals surface area contributed by atoms with Crippen molar-refractivity contribution in [3.05, 3.63) is 0 Å². The van der Waals surface area contributed by atoms with E-state index < -0.39 is 24.3 Å². The van der Waals surface area contributed by atoms with E-state index >= 15 is 0 Å². The van der Waals surface area contributed by atoms with Gasteiger partial charge in [-0.25, -0.2) is 4.39 Å². The Labute approximate surface area is 73.3 Å². The molecular formula is C5H5F7O2. The maximum absolute atomic E-state index is 12.6. The third-order valence-electron chi connectivity index (χ3n) is 1.39. The summed E-state index contributed by atoms with van der Waals surface area (Å²) in [5.41, 5.74) is -5.78. The van der Waals surface area contributed by atoms with E-state index in [2.05, 4.69) is 4.74 Å². The molecule has 0 amide bonds. The third-order valence-corrected chi connectivity index (χ3v) is 1.39. The minimum absolute atomic E-state index is 0.316. The Hall–Kier alpha value is -0.570. The molecule has 1 unspecified atom stereocenters. The molecule has 1 N–H and O–H groups in total. The highest BCUT2D eigenvalue weighted by atomic mass is 19.4. The summed E-state index contributed by atoms with van der Waals surface area (Å²) in [4.78, 5) is 0. The molecule has 0 aromatic carbocycles. The Balaban J connectivity index is 5.29. The first-order valence-electron chi connectivity index (χ1n) is 3.01. The monoisotopic (exact) mass is 230 g/mol. The van der Waals surface area contributed by atoms with Crippen LogP contribution in [0.4, 0.5) is 30.7 Å². The van der Waals surface area contributed by atoms with Crippen LogP contribution in [0.2, 0.25) is 0 Å². The second kappa shape index (κ2) is 3.54. The topological polar surface area (TPSA) is 29.5 Å². The summed E-state index contributed by atoms with van der Waals surface area (Å²) in [6, 6.07) is 0. The minimum Gasteiger partial charge on any atom is -0.365 e. The van der Waals surface area contributed by atoms with Gasteiger partial charge in [0, 0.05) is 7.11 Å². The van der Waals surface area contributed by atoms with Crippen molar-refractivity contribution in [1.29, 1.82) is 0 Å². The lowest BCUT2D eigenvalue weighted by molar-refractivity contribution is -0.393. The van der Waals surface area contributed by atoms with Gasteiger partial charge in [-0.15, -0.1) is 0 Å². The molecule has 0 radical (unpaired) electrons. The summed E-state index contributed by atoms with van der Waals surface area (Å²) in [6.07, 6.45) is -16.3. The molecule has 2 nitrogen and oxygen atoms in total. The quantitative estimate of drug-likeness (QED) is 0.578. The number of aliphatic hydroxyl groups excluding tert-OH is 1. The molecule has 0 aromatic rings. The molecule has 86 valence electrons. The van der Waals surface area contributed by atoms with Gasteiger partial charge >= 0.3 is 18.0 Å². The van der Waals surface area contributed by atoms with E-state index in [9.17, 15) is 30.7 Å². The van der Waals surface area contributed by atoms with Crippen molar-refractivity contribution in [2.75, 3.05) is 7.11 Å². The molecule has 0 heterocycles. The predicted octanol–water partition coefficient (Wildman–Crippen LogP) is 1.78. The van der Waals surface area contributed by atoms with Crippen LogP contribution >= 0.6 is 0 Å². The van der Waals surface area contributed by atoms with Crippen LogP contribution in [0.3, 0.4) is 0 Å². The SMILES string of the molecule is COC(O)C(F)(C(F)(F)F)C(F)(F)F. The van der Waals surface area contributed by atoms with Crippen molar-refractivity contribution in [3.63, 3.8) is 0 Å². The van der Waals surface area contributed by atoms with Crippen LogP contribution in [0, 0.1) is 0 Å². The highest BCUT2D eigenvalue weighted by Gasteiger charge is 2.77. The fourth-order valence-electron chi connectivity index (χ4n) is 0.603. The normalized spacial score (nSPS) is 16.9. The van der Waals surface area contributed by atoms with Gasteiger partial charge < -0.3 is 9.84 Å². The number of alkyl halides is 7. The molecule has 14 heavy (non-hydrogen) atoms. The van der Waals surface area contributed by atoms with Gasteiger partial charge in [-0.1, -0.05) is 0 Å². The second-order valence-corrected chi connectivity index (χ2v) is 2.30. The summed E-state index contributed by atoms with van der Waals surface area (Å²) < 4.78 is 86.1. The zero-order valence-corrected chi connectivity index (χ0v) is 6.58. The summed E-state index contributed by atoms with van der Waals surface area (Å²) >= 11 is 0. The first-order valence-corrected chi connectivity index (χ1v) is 3.01. The highest BCUT2D eigenvalue weighted by molar-refractivity contribution is 4.96. The van der Waals surface area contributed by atoms with Crippen LogP contribution < -0.4 is 0 Å². The Morgan fingerprint density at radius 2 is 1.21 bits per heavy atom. The molecule has 0 saturated carbocycles. The lowest BCUT2D eigenvalue weighted by atomic mass is 10.1. The van der Waals surface area contributed by atoms with E-state index in [0.717, 1.165) is 0 Å². The molecule has 0 aliphatic rings. The summed E-state index contributed by atoms with van der Waals surface area (Å²) in [5, 5.41) is 8.21. The molecule has 0 aromatic heterocycles. The van der Waals surface area contributed by atoms with Crippen molar-refractivity contribution >= 4 is 0 Å². The van der Waals surface area contributed by atoms with Crippen molar-refractivity contribution in [2.45, 2.75) is 24.3 Å². The van der Waals surface area contributed by atoms with Gasteiger partial charge in [0.1, 0.15) is 0 Å². The van der Waals surface area contributed by atoms with Crippen LogP contribution in [-0.2, 0) is 4.74 Å². The molecule has 0 spiro atoms. The zero-order valence-electron chi connectivity index (χ0n) is 6.58. The van der Waals surface area contributed by atoms with Crippen LogP contribution in [0.15, 0.2) is 0 Å². The fraction of sp³-hybridized carbons (Fsp3) is 1.00. The van der Waals surface area contributed by atoms with Gasteiger partial charge in [0.25, 0.3) is 0 Å². The molecular weight excluding hydrogens is 225 g/mol. The molecule has 9 heteroatoms. The van der Waals surface area contributed by atoms with E-state index in [1.54, 1.807) is 0 Å². The molecule has 1 atom stereocenters. The van der Waals surface area contributed by atoms with Crippen molar-refractivity contribution < 1.29 is 40.6 Å². The number of rotatable bonds is 2. The molecule has 0 bridgehead atoms. The van der Waals surface area contributed by atoms with Crippen molar-refractivity contribution in [3.8, 4) is 0 Å². The first kappa shape index (κ1) is 13.4. The van der Waals surface area contributed by atoms with Gasteiger partial charge in [-0.3, -0.25) is 0 Å². The number of hydrogen-bond donors (Lipinski definition) is 1. The van der Waals surface area contributed by atoms with Crippen LogP contribution in [0.1, 0.15) is 0 Å². The standard InChI is InChI=1S/C5H5F7O2/c1-14-2(13)3(6,4(7,8)9)5(10,11)12/h2,13H,1H3. The average Bonchev–Trinajstić information content (AvgIpc) is 1.97. The molecule has 0 saturated heterocycles. The Kier molecular flexibility index (Phi) is 3.39. The number of hydrogen-bond acceptors (Lipinski definition) is 2. The first-order chi connectivity index (χ1) is 5.98. The van der Waals surface area contributed by atoms with E-state index in [1.807, 2.05) is 0 Å². The van der Waals surface area contributed by atoms with Crippen molar-refractivity contribution in [1.82, 2.24) is 0 Å². The lowest BCUT2D eigenvalue weighted by Gasteiger charge is -2.32. The fourth-order valence-corrected chi connectivity index (χ4v) is 0.603. The van der Waals surface area contributed by atoms with E-state index in [-0.39, 0.29) is 0 Å². The van der Waals surface area contributed by atoms with Gasteiger partial charge in [-0.2, -0.15) is 26.3 Å². The average molecular weight is 230 g/mol. The predicted molar refractivity (Wildman–Crippen MR) is 29.0 cm³/mol. The number of ether oxygens (including phenoxy) is 1. The lowest BCUT2D eigenvalue weighted by Crippen LogP contribution is -2.61. The highest BCUT2D eigenvalue weighted by Crippen LogP contribution is 2.48. The largest absolute Gasteiger partial charge is 0.436 e. The van der Waals surface area contributed by atoms with E-state index in [4.69, 9.17) is 5.11 Å². The Morgan fingerprint density at radius 1 is 0.929 bits per heavy atom. The number of methoxy groups -OCH3 is 1. The minimum atomic E-state index is -6.30. The smallest absolute Gasteiger partial charge is 0.365 e. The molecule has 0 rings (SSSR count). The molecule has 0 aliphatic carbocycles. The number of halogens is 7. The van der Waals surface area contributed by atoms with Gasteiger partial charge in [0.2, 0.25) is 6.29 Å². The molecule has 0 aliphatic heterocycles. The summed E-state index contributed by atoms with van der Waals surface area (Å²) in [7, 11) is 0.316. The summed E-state index contributed by atoms with van der Waals surface area (Å²) in [6.45, 7) is 0. The number of aliphatic hydroxyl groups is 1. The maximum atomic E-state index is 12.6. The van der Waals surface area contributed by atoms with Crippen LogP contribution in [0.5, 0.6) is 0 Å². The Bertz CT molecular complexity index is 181. The van der Waals surface area contributed by atoms with E-state index in [1.165, 1.54) is 0 Å². The maximum Gasteiger partial charge on any atom is 0.436 e. The summed E-state index contributed by atoms with van der Waals surface area (Å²) in [5.74, 6) is 0. The van der Waals surface area contributed by atoms with Crippen LogP contribution in [-0.4, -0.2) is 36.5 Å². The van der Waals surface area contributed by atoms with E-state index in [0.29, 0.717) is 7.11 Å². The van der Waals surface area contributed by atoms with Gasteiger partial charge in [-0.05, 0) is 0 Å². The third kappa shape index (κ3) is 1.92. The Morgan fingerprint density at radius 3 is 1.29 bits per heavy atom. The van der Waals surface area contributed by atoms with Gasteiger partial charge in [0.15, 0.2) is 0 Å². The van der Waals surface area contributed by atoms with Gasteiger partial charge in [0.05, 0.1) is 0 Å². The second-order valence-electron chi connectivity index (χ2n) is 2.30. The molecule has 0 fully saturated rings. The van der Waals surface area contributed by atoms with Crippen LogP contribution in [0.25, 0.3) is 0 Å².